The second-order valence-corrected chi connectivity index (χ2v) is 5.03. The van der Waals surface area contributed by atoms with Gasteiger partial charge in [0, 0.05) is 12.2 Å². The first kappa shape index (κ1) is 14.7. The van der Waals surface area contributed by atoms with E-state index < -0.39 is 29.5 Å². The Labute approximate surface area is 102 Å². The zero-order valence-corrected chi connectivity index (χ0v) is 9.88. The van der Waals surface area contributed by atoms with Gasteiger partial charge in [0.25, 0.3) is 0 Å². The number of anilines is 1. The van der Waals surface area contributed by atoms with Crippen LogP contribution in [-0.4, -0.2) is 27.9 Å². The van der Waals surface area contributed by atoms with Gasteiger partial charge in [-0.25, -0.2) is 13.1 Å². The number of nitrogens with one attached hydrogen (secondary N) is 1. The van der Waals surface area contributed by atoms with Crippen LogP contribution in [0.15, 0.2) is 29.2 Å². The number of rotatable bonds is 5. The predicted molar refractivity (Wildman–Crippen MR) is 58.0 cm³/mol. The number of alkyl halides is 3. The van der Waals surface area contributed by atoms with Crippen LogP contribution < -0.4 is 10.5 Å². The molecule has 0 bridgehead atoms. The number of nitrogen functional groups attached to an aromatic ring is 1. The standard InChI is InChI=1S/C9H11F3N2O3S/c10-9(11,12)17-6-5-14-18(15,16)8-3-1-7(13)2-4-8/h1-4,14H,5-6,13H2. The van der Waals surface area contributed by atoms with Gasteiger partial charge in [-0.15, -0.1) is 13.2 Å². The average Bonchev–Trinajstić information content (AvgIpc) is 2.24. The van der Waals surface area contributed by atoms with Crippen LogP contribution in [-0.2, 0) is 14.8 Å². The molecule has 0 heterocycles. The molecule has 0 aliphatic carbocycles. The molecule has 1 aromatic rings. The van der Waals surface area contributed by atoms with Gasteiger partial charge in [0.05, 0.1) is 11.5 Å². The van der Waals surface area contributed by atoms with E-state index in [9.17, 15) is 21.6 Å². The number of hydrogen-bond donors (Lipinski definition) is 2. The van der Waals surface area contributed by atoms with Crippen molar-refractivity contribution >= 4 is 15.7 Å². The van der Waals surface area contributed by atoms with Gasteiger partial charge in [0.1, 0.15) is 0 Å². The molecule has 5 nitrogen and oxygen atoms in total. The second-order valence-electron chi connectivity index (χ2n) is 3.26. The van der Waals surface area contributed by atoms with E-state index in [1.807, 2.05) is 4.72 Å². The molecule has 0 saturated carbocycles. The maximum absolute atomic E-state index is 11.6. The third-order valence-electron chi connectivity index (χ3n) is 1.85. The first-order valence-electron chi connectivity index (χ1n) is 4.76. The summed E-state index contributed by atoms with van der Waals surface area (Å²) in [6.07, 6.45) is -4.77. The van der Waals surface area contributed by atoms with E-state index in [-0.39, 0.29) is 4.90 Å². The first-order chi connectivity index (χ1) is 8.21. The van der Waals surface area contributed by atoms with Crippen LogP contribution >= 0.6 is 0 Å². The minimum atomic E-state index is -4.77. The smallest absolute Gasteiger partial charge is 0.399 e. The van der Waals surface area contributed by atoms with Gasteiger partial charge in [-0.3, -0.25) is 4.74 Å². The summed E-state index contributed by atoms with van der Waals surface area (Å²) in [6.45, 7) is -1.27. The van der Waals surface area contributed by atoms with Gasteiger partial charge < -0.3 is 5.73 Å². The first-order valence-corrected chi connectivity index (χ1v) is 6.25. The molecule has 1 aromatic carbocycles. The molecule has 0 atom stereocenters. The summed E-state index contributed by atoms with van der Waals surface area (Å²) in [7, 11) is -3.85. The van der Waals surface area contributed by atoms with Crippen molar-refractivity contribution in [3.63, 3.8) is 0 Å². The number of hydrogen-bond acceptors (Lipinski definition) is 4. The van der Waals surface area contributed by atoms with Crippen molar-refractivity contribution in [2.45, 2.75) is 11.3 Å². The van der Waals surface area contributed by atoms with Crippen molar-refractivity contribution < 1.29 is 26.3 Å². The van der Waals surface area contributed by atoms with Crippen molar-refractivity contribution in [2.75, 3.05) is 18.9 Å². The van der Waals surface area contributed by atoms with Crippen molar-refractivity contribution in [3.8, 4) is 0 Å². The Morgan fingerprint density at radius 2 is 1.78 bits per heavy atom. The van der Waals surface area contributed by atoms with E-state index in [4.69, 9.17) is 5.73 Å². The van der Waals surface area contributed by atoms with Gasteiger partial charge >= 0.3 is 6.36 Å². The Bertz CT molecular complexity index is 485. The zero-order valence-electron chi connectivity index (χ0n) is 9.07. The lowest BCUT2D eigenvalue weighted by Gasteiger charge is -2.09. The molecule has 0 saturated heterocycles. The van der Waals surface area contributed by atoms with E-state index >= 15 is 0 Å². The van der Waals surface area contributed by atoms with Crippen LogP contribution in [0, 0.1) is 0 Å². The predicted octanol–water partition coefficient (Wildman–Crippen LogP) is 1.08. The highest BCUT2D eigenvalue weighted by molar-refractivity contribution is 7.89. The van der Waals surface area contributed by atoms with Gasteiger partial charge in [-0.2, -0.15) is 0 Å². The molecule has 0 spiro atoms. The van der Waals surface area contributed by atoms with Crippen LogP contribution in [0.1, 0.15) is 0 Å². The molecule has 9 heteroatoms. The van der Waals surface area contributed by atoms with E-state index in [1.165, 1.54) is 24.3 Å². The largest absolute Gasteiger partial charge is 0.522 e. The average molecular weight is 284 g/mol. The molecule has 0 fully saturated rings. The molecule has 1 rings (SSSR count). The van der Waals surface area contributed by atoms with E-state index in [1.54, 1.807) is 0 Å². The minimum Gasteiger partial charge on any atom is -0.399 e. The Morgan fingerprint density at radius 1 is 1.22 bits per heavy atom. The summed E-state index contributed by atoms with van der Waals surface area (Å²) in [5.41, 5.74) is 5.76. The number of benzene rings is 1. The Morgan fingerprint density at radius 3 is 2.28 bits per heavy atom. The summed E-state index contributed by atoms with van der Waals surface area (Å²) in [5, 5.41) is 0. The van der Waals surface area contributed by atoms with Gasteiger partial charge in [0.2, 0.25) is 10.0 Å². The molecule has 0 aliphatic heterocycles. The molecule has 0 radical (unpaired) electrons. The Kier molecular flexibility index (Phi) is 4.54. The summed E-state index contributed by atoms with van der Waals surface area (Å²) in [4.78, 5) is -0.0799. The highest BCUT2D eigenvalue weighted by Crippen LogP contribution is 2.15. The Hall–Kier alpha value is -1.32. The number of nitrogens with two attached hydrogens (primary N) is 1. The fourth-order valence-electron chi connectivity index (χ4n) is 1.07. The fraction of sp³-hybridized carbons (Fsp3) is 0.333. The van der Waals surface area contributed by atoms with Gasteiger partial charge in [0.15, 0.2) is 0 Å². The lowest BCUT2D eigenvalue weighted by Crippen LogP contribution is -2.29. The lowest BCUT2D eigenvalue weighted by molar-refractivity contribution is -0.323. The second kappa shape index (κ2) is 5.55. The van der Waals surface area contributed by atoms with E-state index in [0.29, 0.717) is 5.69 Å². The Balaban J connectivity index is 2.53. The third-order valence-corrected chi connectivity index (χ3v) is 3.33. The maximum Gasteiger partial charge on any atom is 0.522 e. The lowest BCUT2D eigenvalue weighted by atomic mass is 10.3. The molecule has 0 amide bonds. The maximum atomic E-state index is 11.6. The van der Waals surface area contributed by atoms with Crippen molar-refractivity contribution in [1.82, 2.24) is 4.72 Å². The quantitative estimate of drug-likeness (QED) is 0.626. The highest BCUT2D eigenvalue weighted by atomic mass is 32.2. The topological polar surface area (TPSA) is 81.4 Å². The molecule has 3 N–H and O–H groups in total. The summed E-state index contributed by atoms with van der Waals surface area (Å²) in [5.74, 6) is 0. The number of halogens is 3. The van der Waals surface area contributed by atoms with Crippen LogP contribution in [0.3, 0.4) is 0 Å². The molecular weight excluding hydrogens is 273 g/mol. The summed E-state index contributed by atoms with van der Waals surface area (Å²) >= 11 is 0. The van der Waals surface area contributed by atoms with Crippen molar-refractivity contribution in [1.29, 1.82) is 0 Å². The van der Waals surface area contributed by atoms with Crippen LogP contribution in [0.4, 0.5) is 18.9 Å². The van der Waals surface area contributed by atoms with Crippen LogP contribution in [0.25, 0.3) is 0 Å². The normalized spacial score (nSPS) is 12.6. The van der Waals surface area contributed by atoms with Crippen molar-refractivity contribution in [2.24, 2.45) is 0 Å². The summed E-state index contributed by atoms with van der Waals surface area (Å²) in [6, 6.07) is 5.26. The third kappa shape index (κ3) is 4.90. The molecule has 18 heavy (non-hydrogen) atoms. The molecule has 0 aliphatic rings. The van der Waals surface area contributed by atoms with E-state index in [2.05, 4.69) is 4.74 Å². The molecule has 0 aromatic heterocycles. The molecule has 0 unspecified atom stereocenters. The highest BCUT2D eigenvalue weighted by Gasteiger charge is 2.28. The van der Waals surface area contributed by atoms with Crippen LogP contribution in [0.5, 0.6) is 0 Å². The van der Waals surface area contributed by atoms with Crippen molar-refractivity contribution in [3.05, 3.63) is 24.3 Å². The minimum absolute atomic E-state index is 0.0799. The molecule has 102 valence electrons. The number of sulfonamides is 1. The fourth-order valence-corrected chi connectivity index (χ4v) is 2.09. The zero-order chi connectivity index (χ0) is 13.8. The van der Waals surface area contributed by atoms with E-state index in [0.717, 1.165) is 0 Å². The van der Waals surface area contributed by atoms with Gasteiger partial charge in [-0.1, -0.05) is 0 Å². The SMILES string of the molecule is Nc1ccc(S(=O)(=O)NCCOC(F)(F)F)cc1. The summed E-state index contributed by atoms with van der Waals surface area (Å²) < 4.78 is 63.5. The number of ether oxygens (including phenoxy) is 1. The van der Waals surface area contributed by atoms with Crippen LogP contribution in [0.2, 0.25) is 0 Å². The molecular formula is C9H11F3N2O3S. The van der Waals surface area contributed by atoms with Gasteiger partial charge in [-0.05, 0) is 24.3 Å². The monoisotopic (exact) mass is 284 g/mol.